The fourth-order valence-corrected chi connectivity index (χ4v) is 1.78. The van der Waals surface area contributed by atoms with Gasteiger partial charge in [0.25, 0.3) is 0 Å². The van der Waals surface area contributed by atoms with E-state index < -0.39 is 11.0 Å². The van der Waals surface area contributed by atoms with Crippen molar-refractivity contribution >= 4 is 5.97 Å². The number of hydrogen-bond donors (Lipinski definition) is 0. The molecular weight excluding hydrogens is 202 g/mol. The number of pyridine rings is 1. The molecule has 1 fully saturated rings. The topological polar surface area (TPSA) is 39.2 Å². The maximum absolute atomic E-state index is 12.1. The van der Waals surface area contributed by atoms with Crippen molar-refractivity contribution in [3.63, 3.8) is 0 Å². The second kappa shape index (κ2) is 3.58. The van der Waals surface area contributed by atoms with Crippen molar-refractivity contribution < 1.29 is 9.53 Å². The molecule has 0 amide bonds. The summed E-state index contributed by atoms with van der Waals surface area (Å²) in [5, 5.41) is 0. The summed E-state index contributed by atoms with van der Waals surface area (Å²) in [5.74, 6) is -0.105. The van der Waals surface area contributed by atoms with E-state index in [4.69, 9.17) is 4.74 Å². The molecule has 16 heavy (non-hydrogen) atoms. The van der Waals surface area contributed by atoms with E-state index >= 15 is 0 Å². The molecule has 0 saturated heterocycles. The van der Waals surface area contributed by atoms with Crippen molar-refractivity contribution in [1.82, 2.24) is 4.98 Å². The van der Waals surface area contributed by atoms with Crippen LogP contribution < -0.4 is 0 Å². The monoisotopic (exact) mass is 219 g/mol. The van der Waals surface area contributed by atoms with Crippen molar-refractivity contribution in [2.75, 3.05) is 0 Å². The second-order valence-corrected chi connectivity index (χ2v) is 5.32. The highest BCUT2D eigenvalue weighted by atomic mass is 16.6. The van der Waals surface area contributed by atoms with Gasteiger partial charge in [0, 0.05) is 12.4 Å². The SMILES string of the molecule is CC(C)(C)OC(=O)C1(c2ccncc2)CC1. The molecule has 0 N–H and O–H groups in total. The number of aromatic nitrogens is 1. The summed E-state index contributed by atoms with van der Waals surface area (Å²) in [6, 6.07) is 3.80. The Balaban J connectivity index is 2.18. The number of esters is 1. The zero-order valence-corrected chi connectivity index (χ0v) is 9.99. The lowest BCUT2D eigenvalue weighted by molar-refractivity contribution is -0.158. The third-order valence-corrected chi connectivity index (χ3v) is 2.77. The molecule has 0 bridgehead atoms. The maximum atomic E-state index is 12.1. The number of rotatable bonds is 2. The number of carbonyl (C=O) groups is 1. The van der Waals surface area contributed by atoms with Gasteiger partial charge in [-0.1, -0.05) is 0 Å². The number of ether oxygens (including phenoxy) is 1. The first-order valence-electron chi connectivity index (χ1n) is 5.58. The van der Waals surface area contributed by atoms with Crippen LogP contribution >= 0.6 is 0 Å². The minimum atomic E-state index is -0.417. The Hall–Kier alpha value is -1.38. The van der Waals surface area contributed by atoms with E-state index in [1.54, 1.807) is 12.4 Å². The molecule has 3 heteroatoms. The lowest BCUT2D eigenvalue weighted by Gasteiger charge is -2.23. The van der Waals surface area contributed by atoms with Crippen LogP contribution in [0.3, 0.4) is 0 Å². The zero-order valence-electron chi connectivity index (χ0n) is 9.99. The van der Waals surface area contributed by atoms with Crippen molar-refractivity contribution in [1.29, 1.82) is 0 Å². The van der Waals surface area contributed by atoms with Gasteiger partial charge in [-0.05, 0) is 51.3 Å². The number of nitrogens with zero attached hydrogens (tertiary/aromatic N) is 1. The Morgan fingerprint density at radius 2 is 1.88 bits per heavy atom. The molecule has 0 unspecified atom stereocenters. The van der Waals surface area contributed by atoms with E-state index in [0.717, 1.165) is 18.4 Å². The summed E-state index contributed by atoms with van der Waals surface area (Å²) in [7, 11) is 0. The minimum Gasteiger partial charge on any atom is -0.459 e. The highest BCUT2D eigenvalue weighted by Crippen LogP contribution is 2.49. The molecule has 1 aliphatic rings. The fraction of sp³-hybridized carbons (Fsp3) is 0.538. The molecule has 0 spiro atoms. The molecule has 86 valence electrons. The molecule has 1 aromatic heterocycles. The molecule has 0 radical (unpaired) electrons. The molecule has 0 atom stereocenters. The predicted octanol–water partition coefficient (Wildman–Crippen LogP) is 2.45. The van der Waals surface area contributed by atoms with Crippen LogP contribution in [0.5, 0.6) is 0 Å². The summed E-state index contributed by atoms with van der Waals surface area (Å²) in [4.78, 5) is 16.1. The van der Waals surface area contributed by atoms with Crippen LogP contribution in [0, 0.1) is 0 Å². The molecule has 2 rings (SSSR count). The fourth-order valence-electron chi connectivity index (χ4n) is 1.78. The lowest BCUT2D eigenvalue weighted by atomic mass is 9.97. The van der Waals surface area contributed by atoms with E-state index in [-0.39, 0.29) is 5.97 Å². The van der Waals surface area contributed by atoms with Gasteiger partial charge in [-0.3, -0.25) is 9.78 Å². The second-order valence-electron chi connectivity index (χ2n) is 5.32. The smallest absolute Gasteiger partial charge is 0.317 e. The predicted molar refractivity (Wildman–Crippen MR) is 61.0 cm³/mol. The highest BCUT2D eigenvalue weighted by Gasteiger charge is 2.53. The Bertz CT molecular complexity index is 388. The summed E-state index contributed by atoms with van der Waals surface area (Å²) in [6.45, 7) is 5.69. The van der Waals surface area contributed by atoms with Gasteiger partial charge in [-0.15, -0.1) is 0 Å². The van der Waals surface area contributed by atoms with E-state index in [1.165, 1.54) is 0 Å². The number of carbonyl (C=O) groups excluding carboxylic acids is 1. The third kappa shape index (κ3) is 2.08. The van der Waals surface area contributed by atoms with E-state index in [0.29, 0.717) is 0 Å². The third-order valence-electron chi connectivity index (χ3n) is 2.77. The van der Waals surface area contributed by atoms with Gasteiger partial charge < -0.3 is 4.74 Å². The molecule has 1 heterocycles. The van der Waals surface area contributed by atoms with Gasteiger partial charge in [0.05, 0.1) is 5.41 Å². The average Bonchev–Trinajstić information content (AvgIpc) is 2.97. The van der Waals surface area contributed by atoms with Crippen LogP contribution in [0.2, 0.25) is 0 Å². The van der Waals surface area contributed by atoms with Crippen LogP contribution in [0.1, 0.15) is 39.2 Å². The summed E-state index contributed by atoms with van der Waals surface area (Å²) in [6.07, 6.45) is 5.21. The summed E-state index contributed by atoms with van der Waals surface area (Å²) >= 11 is 0. The van der Waals surface area contributed by atoms with Crippen LogP contribution in [-0.2, 0) is 14.9 Å². The van der Waals surface area contributed by atoms with Gasteiger partial charge in [-0.25, -0.2) is 0 Å². The average molecular weight is 219 g/mol. The first kappa shape index (κ1) is 11.1. The first-order valence-corrected chi connectivity index (χ1v) is 5.58. The van der Waals surface area contributed by atoms with Gasteiger partial charge >= 0.3 is 5.97 Å². The Morgan fingerprint density at radius 1 is 1.31 bits per heavy atom. The maximum Gasteiger partial charge on any atom is 0.317 e. The van der Waals surface area contributed by atoms with E-state index in [1.807, 2.05) is 32.9 Å². The molecular formula is C13H17NO2. The van der Waals surface area contributed by atoms with Crippen molar-refractivity contribution in [3.05, 3.63) is 30.1 Å². The lowest BCUT2D eigenvalue weighted by Crippen LogP contribution is -2.31. The van der Waals surface area contributed by atoms with Crippen molar-refractivity contribution in [2.45, 2.75) is 44.6 Å². The van der Waals surface area contributed by atoms with Crippen molar-refractivity contribution in [2.24, 2.45) is 0 Å². The Labute approximate surface area is 95.8 Å². The van der Waals surface area contributed by atoms with Gasteiger partial charge in [0.2, 0.25) is 0 Å². The number of hydrogen-bond acceptors (Lipinski definition) is 3. The highest BCUT2D eigenvalue weighted by molar-refractivity contribution is 5.86. The van der Waals surface area contributed by atoms with Crippen LogP contribution in [0.4, 0.5) is 0 Å². The summed E-state index contributed by atoms with van der Waals surface area (Å²) < 4.78 is 5.46. The first-order chi connectivity index (χ1) is 7.44. The van der Waals surface area contributed by atoms with E-state index in [2.05, 4.69) is 4.98 Å². The normalized spacial score (nSPS) is 17.9. The standard InChI is InChI=1S/C13H17NO2/c1-12(2,3)16-11(15)13(6-7-13)10-4-8-14-9-5-10/h4-5,8-9H,6-7H2,1-3H3. The van der Waals surface area contributed by atoms with Crippen molar-refractivity contribution in [3.8, 4) is 0 Å². The molecule has 0 aromatic carbocycles. The summed E-state index contributed by atoms with van der Waals surface area (Å²) in [5.41, 5.74) is 0.215. The Kier molecular flexibility index (Phi) is 2.49. The van der Waals surface area contributed by atoms with Crippen LogP contribution in [0.25, 0.3) is 0 Å². The minimum absolute atomic E-state index is 0.105. The largest absolute Gasteiger partial charge is 0.459 e. The molecule has 3 nitrogen and oxygen atoms in total. The molecule has 0 aliphatic heterocycles. The van der Waals surface area contributed by atoms with Gasteiger partial charge in [-0.2, -0.15) is 0 Å². The quantitative estimate of drug-likeness (QED) is 0.717. The van der Waals surface area contributed by atoms with Crippen LogP contribution in [-0.4, -0.2) is 16.6 Å². The molecule has 1 aromatic rings. The molecule has 1 aliphatic carbocycles. The molecule has 1 saturated carbocycles. The van der Waals surface area contributed by atoms with Gasteiger partial charge in [0.15, 0.2) is 0 Å². The van der Waals surface area contributed by atoms with Crippen LogP contribution in [0.15, 0.2) is 24.5 Å². The van der Waals surface area contributed by atoms with E-state index in [9.17, 15) is 4.79 Å². The zero-order chi connectivity index (χ0) is 11.8. The Morgan fingerprint density at radius 3 is 2.31 bits per heavy atom. The van der Waals surface area contributed by atoms with Gasteiger partial charge in [0.1, 0.15) is 5.60 Å².